The smallest absolute Gasteiger partial charge is 0.290 e. The zero-order valence-electron chi connectivity index (χ0n) is 12.7. The van der Waals surface area contributed by atoms with Crippen LogP contribution in [0.25, 0.3) is 0 Å². The summed E-state index contributed by atoms with van der Waals surface area (Å²) in [5.74, 6) is 0.323. The van der Waals surface area contributed by atoms with E-state index in [2.05, 4.69) is 10.3 Å². The first-order chi connectivity index (χ1) is 11.2. The molecule has 0 bridgehead atoms. The van der Waals surface area contributed by atoms with Gasteiger partial charge >= 0.3 is 0 Å². The van der Waals surface area contributed by atoms with Crippen molar-refractivity contribution in [3.63, 3.8) is 0 Å². The van der Waals surface area contributed by atoms with E-state index in [1.165, 1.54) is 11.3 Å². The van der Waals surface area contributed by atoms with Crippen LogP contribution in [0.1, 0.15) is 29.2 Å². The molecule has 1 atom stereocenters. The average molecular weight is 335 g/mol. The SMILES string of the molecule is COCc1ccc(C(=O)N2CCCC2C(=O)Nc2nccs2)o1. The van der Waals surface area contributed by atoms with Gasteiger partial charge in [0.05, 0.1) is 0 Å². The number of likely N-dealkylation sites (tertiary alicyclic amines) is 1. The number of hydrogen-bond donors (Lipinski definition) is 1. The van der Waals surface area contributed by atoms with Crippen LogP contribution >= 0.6 is 11.3 Å². The number of nitrogens with zero attached hydrogens (tertiary/aromatic N) is 2. The van der Waals surface area contributed by atoms with Gasteiger partial charge in [0.25, 0.3) is 5.91 Å². The van der Waals surface area contributed by atoms with Gasteiger partial charge in [-0.2, -0.15) is 0 Å². The Kier molecular flexibility index (Phi) is 4.73. The molecular weight excluding hydrogens is 318 g/mol. The van der Waals surface area contributed by atoms with Crippen LogP contribution < -0.4 is 5.32 Å². The highest BCUT2D eigenvalue weighted by atomic mass is 32.1. The third-order valence-corrected chi connectivity index (χ3v) is 4.33. The maximum atomic E-state index is 12.6. The molecule has 1 unspecified atom stereocenters. The average Bonchev–Trinajstić information content (AvgIpc) is 3.28. The Balaban J connectivity index is 1.69. The summed E-state index contributed by atoms with van der Waals surface area (Å²) in [6.45, 7) is 0.844. The van der Waals surface area contributed by atoms with E-state index < -0.39 is 6.04 Å². The molecule has 23 heavy (non-hydrogen) atoms. The van der Waals surface area contributed by atoms with E-state index in [-0.39, 0.29) is 17.6 Å². The van der Waals surface area contributed by atoms with Crippen molar-refractivity contribution in [3.05, 3.63) is 35.2 Å². The maximum absolute atomic E-state index is 12.6. The molecule has 0 saturated carbocycles. The van der Waals surface area contributed by atoms with Crippen molar-refractivity contribution < 1.29 is 18.7 Å². The van der Waals surface area contributed by atoms with Crippen molar-refractivity contribution in [2.75, 3.05) is 19.0 Å². The van der Waals surface area contributed by atoms with Crippen molar-refractivity contribution in [1.29, 1.82) is 0 Å². The second-order valence-corrected chi connectivity index (χ2v) is 6.08. The first-order valence-electron chi connectivity index (χ1n) is 7.28. The number of anilines is 1. The first kappa shape index (κ1) is 15.7. The lowest BCUT2D eigenvalue weighted by Gasteiger charge is -2.22. The lowest BCUT2D eigenvalue weighted by atomic mass is 10.2. The molecule has 1 aliphatic heterocycles. The van der Waals surface area contributed by atoms with Crippen LogP contribution in [0, 0.1) is 0 Å². The molecule has 0 aromatic carbocycles. The number of ether oxygens (including phenoxy) is 1. The Morgan fingerprint density at radius 2 is 2.39 bits per heavy atom. The largest absolute Gasteiger partial charge is 0.453 e. The number of hydrogen-bond acceptors (Lipinski definition) is 6. The minimum Gasteiger partial charge on any atom is -0.453 e. The molecule has 7 nitrogen and oxygen atoms in total. The fraction of sp³-hybridized carbons (Fsp3) is 0.400. The summed E-state index contributed by atoms with van der Waals surface area (Å²) in [6, 6.07) is 2.82. The standard InChI is InChI=1S/C15H17N3O4S/c1-21-9-10-4-5-12(22-10)14(20)18-7-2-3-11(18)13(19)17-15-16-6-8-23-15/h4-6,8,11H,2-3,7,9H2,1H3,(H,16,17,19). The molecule has 3 heterocycles. The normalized spacial score (nSPS) is 17.4. The van der Waals surface area contributed by atoms with E-state index in [4.69, 9.17) is 9.15 Å². The van der Waals surface area contributed by atoms with Gasteiger partial charge < -0.3 is 19.4 Å². The van der Waals surface area contributed by atoms with Crippen LogP contribution in [0.2, 0.25) is 0 Å². The molecule has 0 spiro atoms. The molecule has 1 fully saturated rings. The summed E-state index contributed by atoms with van der Waals surface area (Å²) >= 11 is 1.35. The molecule has 0 aliphatic carbocycles. The van der Waals surface area contributed by atoms with E-state index in [9.17, 15) is 9.59 Å². The minimum atomic E-state index is -0.498. The third-order valence-electron chi connectivity index (χ3n) is 3.64. The lowest BCUT2D eigenvalue weighted by Crippen LogP contribution is -2.43. The maximum Gasteiger partial charge on any atom is 0.290 e. The number of furan rings is 1. The molecule has 1 saturated heterocycles. The highest BCUT2D eigenvalue weighted by Gasteiger charge is 2.36. The predicted molar refractivity (Wildman–Crippen MR) is 84.2 cm³/mol. The highest BCUT2D eigenvalue weighted by molar-refractivity contribution is 7.13. The number of aromatic nitrogens is 1. The van der Waals surface area contributed by atoms with Gasteiger partial charge in [-0.15, -0.1) is 11.3 Å². The van der Waals surface area contributed by atoms with Gasteiger partial charge in [-0.3, -0.25) is 9.59 Å². The van der Waals surface area contributed by atoms with Gasteiger partial charge in [0.2, 0.25) is 5.91 Å². The monoisotopic (exact) mass is 335 g/mol. The minimum absolute atomic E-state index is 0.213. The molecule has 2 aromatic heterocycles. The van der Waals surface area contributed by atoms with Crippen LogP contribution in [0.15, 0.2) is 28.1 Å². The summed E-state index contributed by atoms with van der Waals surface area (Å²) in [6.07, 6.45) is 3.04. The Labute approximate surface area is 137 Å². The van der Waals surface area contributed by atoms with Crippen molar-refractivity contribution in [2.24, 2.45) is 0 Å². The van der Waals surface area contributed by atoms with Crippen LogP contribution in [-0.2, 0) is 16.1 Å². The topological polar surface area (TPSA) is 84.7 Å². The predicted octanol–water partition coefficient (Wildman–Crippen LogP) is 2.13. The van der Waals surface area contributed by atoms with Crippen LogP contribution in [-0.4, -0.2) is 41.4 Å². The molecule has 122 valence electrons. The third kappa shape index (κ3) is 3.43. The van der Waals surface area contributed by atoms with Gasteiger partial charge in [-0.1, -0.05) is 0 Å². The number of nitrogens with one attached hydrogen (secondary N) is 1. The summed E-state index contributed by atoms with van der Waals surface area (Å²) in [5.41, 5.74) is 0. The molecule has 2 amide bonds. The molecule has 0 radical (unpaired) electrons. The van der Waals surface area contributed by atoms with Crippen molar-refractivity contribution in [3.8, 4) is 0 Å². The van der Waals surface area contributed by atoms with Gasteiger partial charge in [-0.25, -0.2) is 4.98 Å². The zero-order valence-corrected chi connectivity index (χ0v) is 13.5. The number of carbonyl (C=O) groups is 2. The summed E-state index contributed by atoms with van der Waals surface area (Å²) in [4.78, 5) is 30.5. The summed E-state index contributed by atoms with van der Waals surface area (Å²) in [7, 11) is 1.56. The van der Waals surface area contributed by atoms with Gasteiger partial charge in [0.15, 0.2) is 10.9 Å². The van der Waals surface area contributed by atoms with E-state index in [0.717, 1.165) is 6.42 Å². The quantitative estimate of drug-likeness (QED) is 0.905. The molecule has 8 heteroatoms. The Hall–Kier alpha value is -2.19. The summed E-state index contributed by atoms with van der Waals surface area (Å²) in [5, 5.41) is 5.07. The number of rotatable bonds is 5. The van der Waals surface area contributed by atoms with E-state index in [1.54, 1.807) is 35.7 Å². The highest BCUT2D eigenvalue weighted by Crippen LogP contribution is 2.23. The summed E-state index contributed by atoms with van der Waals surface area (Å²) < 4.78 is 10.4. The van der Waals surface area contributed by atoms with E-state index in [0.29, 0.717) is 30.5 Å². The fourth-order valence-corrected chi connectivity index (χ4v) is 3.14. The van der Waals surface area contributed by atoms with Crippen LogP contribution in [0.5, 0.6) is 0 Å². The Morgan fingerprint density at radius 1 is 1.52 bits per heavy atom. The van der Waals surface area contributed by atoms with E-state index in [1.807, 2.05) is 0 Å². The number of thiazole rings is 1. The second kappa shape index (κ2) is 6.93. The number of carbonyl (C=O) groups excluding carboxylic acids is 2. The number of methoxy groups -OCH3 is 1. The van der Waals surface area contributed by atoms with Crippen LogP contribution in [0.4, 0.5) is 5.13 Å². The van der Waals surface area contributed by atoms with Crippen molar-refractivity contribution in [1.82, 2.24) is 9.88 Å². The van der Waals surface area contributed by atoms with Crippen LogP contribution in [0.3, 0.4) is 0 Å². The zero-order chi connectivity index (χ0) is 16.2. The molecular formula is C15H17N3O4S. The Morgan fingerprint density at radius 3 is 3.13 bits per heavy atom. The first-order valence-corrected chi connectivity index (χ1v) is 8.16. The fourth-order valence-electron chi connectivity index (χ4n) is 2.61. The van der Waals surface area contributed by atoms with Gasteiger partial charge in [0, 0.05) is 25.2 Å². The number of amides is 2. The van der Waals surface area contributed by atoms with Gasteiger partial charge in [0.1, 0.15) is 18.4 Å². The Bertz CT molecular complexity index is 683. The van der Waals surface area contributed by atoms with Gasteiger partial charge in [-0.05, 0) is 25.0 Å². The van der Waals surface area contributed by atoms with Crippen molar-refractivity contribution in [2.45, 2.75) is 25.5 Å². The molecule has 3 rings (SSSR count). The second-order valence-electron chi connectivity index (χ2n) is 5.18. The van der Waals surface area contributed by atoms with Crippen molar-refractivity contribution >= 4 is 28.3 Å². The lowest BCUT2D eigenvalue weighted by molar-refractivity contribution is -0.119. The van der Waals surface area contributed by atoms with E-state index >= 15 is 0 Å². The molecule has 1 N–H and O–H groups in total. The molecule has 2 aromatic rings. The molecule has 1 aliphatic rings.